The Bertz CT molecular complexity index is 990. The molecule has 114 valence electrons. The molecule has 4 rings (SSSR count). The van der Waals surface area contributed by atoms with Gasteiger partial charge in [0.25, 0.3) is 4.96 Å². The third kappa shape index (κ3) is 2.30. The van der Waals surface area contributed by atoms with Gasteiger partial charge < -0.3 is 14.9 Å². The van der Waals surface area contributed by atoms with Crippen LogP contribution in [0.3, 0.4) is 0 Å². The minimum absolute atomic E-state index is 0.0439. The summed E-state index contributed by atoms with van der Waals surface area (Å²) >= 11 is 1.30. The summed E-state index contributed by atoms with van der Waals surface area (Å²) in [6.07, 6.45) is 4.83. The lowest BCUT2D eigenvalue weighted by Crippen LogP contribution is -1.97. The highest BCUT2D eigenvalue weighted by Crippen LogP contribution is 2.33. The SMILES string of the molecule is O=[N+]([O-])c1c(Oc2cccc(-n3ccnn3)c2)nc2sccn12. The number of hydrogen-bond donors (Lipinski definition) is 0. The summed E-state index contributed by atoms with van der Waals surface area (Å²) < 4.78 is 8.58. The molecule has 10 heteroatoms. The first-order chi connectivity index (χ1) is 11.2. The van der Waals surface area contributed by atoms with Crippen molar-refractivity contribution in [1.29, 1.82) is 0 Å². The third-order valence-corrected chi connectivity index (χ3v) is 3.85. The lowest BCUT2D eigenvalue weighted by Gasteiger charge is -2.05. The lowest BCUT2D eigenvalue weighted by atomic mass is 10.3. The van der Waals surface area contributed by atoms with E-state index in [1.165, 1.54) is 15.7 Å². The Labute approximate surface area is 132 Å². The molecular weight excluding hydrogens is 320 g/mol. The third-order valence-electron chi connectivity index (χ3n) is 3.10. The van der Waals surface area contributed by atoms with Crippen molar-refractivity contribution in [2.45, 2.75) is 0 Å². The Hall–Kier alpha value is -3.27. The fraction of sp³-hybridized carbons (Fsp3) is 0. The first kappa shape index (κ1) is 13.4. The van der Waals surface area contributed by atoms with Crippen LogP contribution >= 0.6 is 11.3 Å². The molecule has 1 aromatic carbocycles. The fourth-order valence-electron chi connectivity index (χ4n) is 2.14. The highest BCUT2D eigenvalue weighted by molar-refractivity contribution is 7.15. The molecule has 0 saturated heterocycles. The molecule has 0 atom stereocenters. The molecule has 0 amide bonds. The van der Waals surface area contributed by atoms with Crippen molar-refractivity contribution < 1.29 is 9.66 Å². The van der Waals surface area contributed by atoms with Gasteiger partial charge in [0.1, 0.15) is 11.9 Å². The zero-order valence-electron chi connectivity index (χ0n) is 11.4. The molecule has 0 radical (unpaired) electrons. The van der Waals surface area contributed by atoms with Crippen LogP contribution in [0.1, 0.15) is 0 Å². The number of ether oxygens (including phenoxy) is 1. The zero-order valence-corrected chi connectivity index (χ0v) is 12.3. The number of fused-ring (bicyclic) bond motifs is 1. The summed E-state index contributed by atoms with van der Waals surface area (Å²) in [4.78, 5) is 15.4. The van der Waals surface area contributed by atoms with Crippen molar-refractivity contribution in [2.24, 2.45) is 0 Å². The van der Waals surface area contributed by atoms with Gasteiger partial charge in [-0.05, 0) is 17.1 Å². The molecule has 0 fully saturated rings. The predicted molar refractivity (Wildman–Crippen MR) is 81.2 cm³/mol. The maximum atomic E-state index is 11.3. The molecular formula is C13H8N6O3S. The number of aromatic nitrogens is 5. The van der Waals surface area contributed by atoms with E-state index in [9.17, 15) is 10.1 Å². The smallest absolute Gasteiger partial charge is 0.393 e. The van der Waals surface area contributed by atoms with Crippen molar-refractivity contribution in [3.8, 4) is 17.3 Å². The molecule has 23 heavy (non-hydrogen) atoms. The molecule has 0 saturated carbocycles. The quantitative estimate of drug-likeness (QED) is 0.422. The second-order valence-corrected chi connectivity index (χ2v) is 5.37. The molecule has 0 spiro atoms. The van der Waals surface area contributed by atoms with Crippen LogP contribution < -0.4 is 4.74 Å². The van der Waals surface area contributed by atoms with Crippen molar-refractivity contribution in [1.82, 2.24) is 24.4 Å². The number of nitrogens with zero attached hydrogens (tertiary/aromatic N) is 6. The second-order valence-electron chi connectivity index (χ2n) is 4.50. The maximum Gasteiger partial charge on any atom is 0.393 e. The Balaban J connectivity index is 1.74. The number of nitro groups is 1. The molecule has 9 nitrogen and oxygen atoms in total. The number of hydrogen-bond acceptors (Lipinski definition) is 7. The van der Waals surface area contributed by atoms with E-state index in [-0.39, 0.29) is 11.7 Å². The number of benzene rings is 1. The summed E-state index contributed by atoms with van der Waals surface area (Å²) in [5.41, 5.74) is 0.726. The van der Waals surface area contributed by atoms with Crippen LogP contribution in [0.25, 0.3) is 10.6 Å². The molecule has 0 aliphatic heterocycles. The molecule has 0 N–H and O–H groups in total. The highest BCUT2D eigenvalue weighted by Gasteiger charge is 2.25. The normalized spacial score (nSPS) is 11.0. The van der Waals surface area contributed by atoms with Crippen LogP contribution in [0.4, 0.5) is 5.82 Å². The molecule has 0 aliphatic carbocycles. The second kappa shape index (κ2) is 5.18. The highest BCUT2D eigenvalue weighted by atomic mass is 32.1. The predicted octanol–water partition coefficient (Wildman–Crippen LogP) is 2.68. The molecule has 4 aromatic rings. The van der Waals surface area contributed by atoms with E-state index in [0.29, 0.717) is 10.7 Å². The van der Waals surface area contributed by atoms with E-state index < -0.39 is 4.92 Å². The molecule has 0 bridgehead atoms. The summed E-state index contributed by atoms with van der Waals surface area (Å²) in [5.74, 6) is 0.178. The standard InChI is InChI=1S/C13H8N6O3S/c20-19(21)12-11(15-13-17(12)6-7-23-13)22-10-3-1-2-9(8-10)18-5-4-14-16-18/h1-8H. The Kier molecular flexibility index (Phi) is 3.01. The summed E-state index contributed by atoms with van der Waals surface area (Å²) in [6.45, 7) is 0. The van der Waals surface area contributed by atoms with Crippen LogP contribution in [0.5, 0.6) is 11.6 Å². The van der Waals surface area contributed by atoms with Crippen molar-refractivity contribution >= 4 is 22.1 Å². The molecule has 3 aromatic heterocycles. The number of imidazole rings is 1. The van der Waals surface area contributed by atoms with Gasteiger partial charge in [0.2, 0.25) is 0 Å². The Morgan fingerprint density at radius 1 is 1.30 bits per heavy atom. The summed E-state index contributed by atoms with van der Waals surface area (Å²) in [6, 6.07) is 6.97. The first-order valence-electron chi connectivity index (χ1n) is 6.47. The van der Waals surface area contributed by atoms with E-state index in [2.05, 4.69) is 15.3 Å². The minimum atomic E-state index is -0.511. The van der Waals surface area contributed by atoms with Crippen LogP contribution in [-0.2, 0) is 0 Å². The van der Waals surface area contributed by atoms with E-state index in [4.69, 9.17) is 4.74 Å². The van der Waals surface area contributed by atoms with Gasteiger partial charge in [-0.1, -0.05) is 22.6 Å². The molecule has 3 heterocycles. The maximum absolute atomic E-state index is 11.3. The average molecular weight is 328 g/mol. The van der Waals surface area contributed by atoms with Crippen molar-refractivity contribution in [2.75, 3.05) is 0 Å². The van der Waals surface area contributed by atoms with Gasteiger partial charge in [-0.2, -0.15) is 9.38 Å². The zero-order chi connectivity index (χ0) is 15.8. The van der Waals surface area contributed by atoms with Gasteiger partial charge in [-0.15, -0.1) is 5.10 Å². The number of rotatable bonds is 4. The minimum Gasteiger partial charge on any atom is -0.432 e. The van der Waals surface area contributed by atoms with Gasteiger partial charge in [-0.25, -0.2) is 4.68 Å². The van der Waals surface area contributed by atoms with E-state index >= 15 is 0 Å². The average Bonchev–Trinajstić information content (AvgIpc) is 3.23. The van der Waals surface area contributed by atoms with Gasteiger partial charge in [0.15, 0.2) is 0 Å². The number of thiazole rings is 1. The Morgan fingerprint density at radius 2 is 2.22 bits per heavy atom. The van der Waals surface area contributed by atoms with E-state index in [1.807, 2.05) is 6.07 Å². The van der Waals surface area contributed by atoms with Gasteiger partial charge in [-0.3, -0.25) is 0 Å². The monoisotopic (exact) mass is 328 g/mol. The van der Waals surface area contributed by atoms with Crippen molar-refractivity contribution in [3.05, 3.63) is 58.4 Å². The largest absolute Gasteiger partial charge is 0.432 e. The van der Waals surface area contributed by atoms with Gasteiger partial charge >= 0.3 is 11.7 Å². The van der Waals surface area contributed by atoms with Crippen LogP contribution in [0.2, 0.25) is 0 Å². The Morgan fingerprint density at radius 3 is 3.00 bits per heavy atom. The molecule has 0 unspecified atom stereocenters. The van der Waals surface area contributed by atoms with Crippen LogP contribution in [0, 0.1) is 10.1 Å². The molecule has 0 aliphatic rings. The summed E-state index contributed by atoms with van der Waals surface area (Å²) in [5, 5.41) is 20.6. The van der Waals surface area contributed by atoms with E-state index in [0.717, 1.165) is 5.69 Å². The van der Waals surface area contributed by atoms with Crippen molar-refractivity contribution in [3.63, 3.8) is 0 Å². The fourth-order valence-corrected chi connectivity index (χ4v) is 2.84. The topological polar surface area (TPSA) is 100 Å². The van der Waals surface area contributed by atoms with Crippen LogP contribution in [-0.4, -0.2) is 29.3 Å². The lowest BCUT2D eigenvalue weighted by molar-refractivity contribution is -0.391. The first-order valence-corrected chi connectivity index (χ1v) is 7.35. The van der Waals surface area contributed by atoms with Gasteiger partial charge in [0, 0.05) is 11.4 Å². The summed E-state index contributed by atoms with van der Waals surface area (Å²) in [7, 11) is 0. The van der Waals surface area contributed by atoms with Gasteiger partial charge in [0.05, 0.1) is 18.1 Å². The van der Waals surface area contributed by atoms with Crippen LogP contribution in [0.15, 0.2) is 48.2 Å². The van der Waals surface area contributed by atoms with E-state index in [1.54, 1.807) is 46.9 Å².